The van der Waals surface area contributed by atoms with Gasteiger partial charge in [0.05, 0.1) is 4.90 Å². The van der Waals surface area contributed by atoms with E-state index < -0.39 is 10.0 Å². The summed E-state index contributed by atoms with van der Waals surface area (Å²) >= 11 is 0. The van der Waals surface area contributed by atoms with Crippen molar-refractivity contribution in [2.45, 2.75) is 30.1 Å². The molecule has 0 atom stereocenters. The van der Waals surface area contributed by atoms with Crippen LogP contribution in [0.3, 0.4) is 0 Å². The summed E-state index contributed by atoms with van der Waals surface area (Å²) in [5, 5.41) is 0. The molecule has 116 valence electrons. The number of sulfonamides is 1. The van der Waals surface area contributed by atoms with Crippen molar-refractivity contribution in [3.63, 3.8) is 0 Å². The van der Waals surface area contributed by atoms with E-state index in [4.69, 9.17) is 0 Å². The first kappa shape index (κ1) is 15.2. The molecule has 1 aliphatic rings. The Balaban J connectivity index is 1.74. The van der Waals surface area contributed by atoms with Crippen LogP contribution < -0.4 is 4.72 Å². The van der Waals surface area contributed by atoms with Crippen molar-refractivity contribution in [2.24, 2.45) is 0 Å². The van der Waals surface area contributed by atoms with Gasteiger partial charge in [-0.15, -0.1) is 0 Å². The zero-order chi connectivity index (χ0) is 15.8. The fraction of sp³-hybridized carbons (Fsp3) is 0.294. The van der Waals surface area contributed by atoms with Crippen LogP contribution in [-0.2, 0) is 15.4 Å². The fourth-order valence-corrected chi connectivity index (χ4v) is 3.68. The van der Waals surface area contributed by atoms with Crippen molar-refractivity contribution >= 4 is 10.0 Å². The van der Waals surface area contributed by atoms with Gasteiger partial charge in [0.15, 0.2) is 0 Å². The van der Waals surface area contributed by atoms with E-state index in [1.807, 2.05) is 6.92 Å². The molecule has 0 aromatic heterocycles. The highest BCUT2D eigenvalue weighted by atomic mass is 32.2. The molecule has 3 nitrogen and oxygen atoms in total. The molecule has 0 spiro atoms. The van der Waals surface area contributed by atoms with Gasteiger partial charge in [-0.2, -0.15) is 0 Å². The molecule has 0 amide bonds. The molecule has 0 heterocycles. The van der Waals surface area contributed by atoms with E-state index >= 15 is 0 Å². The molecular formula is C17H18FNO2S. The highest BCUT2D eigenvalue weighted by molar-refractivity contribution is 7.89. The van der Waals surface area contributed by atoms with Gasteiger partial charge in [0.2, 0.25) is 10.0 Å². The number of rotatable bonds is 5. The largest absolute Gasteiger partial charge is 0.240 e. The third-order valence-corrected chi connectivity index (χ3v) is 5.66. The summed E-state index contributed by atoms with van der Waals surface area (Å²) in [4.78, 5) is 0.271. The molecule has 0 bridgehead atoms. The predicted octanol–water partition coefficient (Wildman–Crippen LogP) is 3.14. The van der Waals surface area contributed by atoms with Crippen LogP contribution in [0.4, 0.5) is 4.39 Å². The third kappa shape index (κ3) is 3.05. The molecule has 1 N–H and O–H groups in total. The topological polar surface area (TPSA) is 46.2 Å². The Labute approximate surface area is 130 Å². The molecule has 1 saturated carbocycles. The number of aryl methyl sites for hydroxylation is 1. The van der Waals surface area contributed by atoms with Gasteiger partial charge in [-0.1, -0.05) is 29.8 Å². The Kier molecular flexibility index (Phi) is 3.78. The smallest absolute Gasteiger partial charge is 0.210 e. The van der Waals surface area contributed by atoms with Crippen molar-refractivity contribution in [3.8, 4) is 0 Å². The zero-order valence-electron chi connectivity index (χ0n) is 12.3. The zero-order valence-corrected chi connectivity index (χ0v) is 13.2. The molecule has 1 aliphatic carbocycles. The van der Waals surface area contributed by atoms with Crippen LogP contribution in [0, 0.1) is 12.7 Å². The van der Waals surface area contributed by atoms with Gasteiger partial charge < -0.3 is 0 Å². The van der Waals surface area contributed by atoms with Crippen molar-refractivity contribution < 1.29 is 12.8 Å². The summed E-state index contributed by atoms with van der Waals surface area (Å²) in [7, 11) is -3.51. The van der Waals surface area contributed by atoms with E-state index in [1.54, 1.807) is 36.4 Å². The lowest BCUT2D eigenvalue weighted by Crippen LogP contribution is -2.32. The molecule has 22 heavy (non-hydrogen) atoms. The second kappa shape index (κ2) is 5.48. The Morgan fingerprint density at radius 1 is 1.05 bits per heavy atom. The maximum Gasteiger partial charge on any atom is 0.240 e. The summed E-state index contributed by atoms with van der Waals surface area (Å²) in [5.41, 5.74) is 1.82. The second-order valence-electron chi connectivity index (χ2n) is 5.92. The Morgan fingerprint density at radius 3 is 2.18 bits per heavy atom. The van der Waals surface area contributed by atoms with Gasteiger partial charge in [-0.05, 0) is 49.6 Å². The van der Waals surface area contributed by atoms with Crippen molar-refractivity contribution in [3.05, 3.63) is 65.5 Å². The molecule has 0 unspecified atom stereocenters. The summed E-state index contributed by atoms with van der Waals surface area (Å²) < 4.78 is 40.4. The van der Waals surface area contributed by atoms with Crippen LogP contribution in [0.2, 0.25) is 0 Å². The Hall–Kier alpha value is -1.72. The molecule has 3 rings (SSSR count). The van der Waals surface area contributed by atoms with Crippen molar-refractivity contribution in [2.75, 3.05) is 6.54 Å². The van der Waals surface area contributed by atoms with Gasteiger partial charge >= 0.3 is 0 Å². The van der Waals surface area contributed by atoms with Crippen LogP contribution in [0.25, 0.3) is 0 Å². The Bertz CT molecular complexity index is 763. The number of nitrogens with one attached hydrogen (secondary N) is 1. The maximum absolute atomic E-state index is 13.0. The van der Waals surface area contributed by atoms with Crippen LogP contribution in [0.5, 0.6) is 0 Å². The third-order valence-electron chi connectivity index (χ3n) is 4.24. The van der Waals surface area contributed by atoms with Crippen LogP contribution in [-0.4, -0.2) is 15.0 Å². The van der Waals surface area contributed by atoms with E-state index in [0.717, 1.165) is 24.0 Å². The number of hydrogen-bond donors (Lipinski definition) is 1. The van der Waals surface area contributed by atoms with Crippen molar-refractivity contribution in [1.82, 2.24) is 4.72 Å². The second-order valence-corrected chi connectivity index (χ2v) is 7.69. The average molecular weight is 319 g/mol. The van der Waals surface area contributed by atoms with Crippen LogP contribution >= 0.6 is 0 Å². The summed E-state index contributed by atoms with van der Waals surface area (Å²) in [5.74, 6) is -0.278. The molecule has 2 aromatic carbocycles. The van der Waals surface area contributed by atoms with Gasteiger partial charge in [-0.3, -0.25) is 0 Å². The molecule has 0 aliphatic heterocycles. The lowest BCUT2D eigenvalue weighted by atomic mass is 9.96. The average Bonchev–Trinajstić information content (AvgIpc) is 3.28. The van der Waals surface area contributed by atoms with E-state index in [9.17, 15) is 12.8 Å². The number of hydrogen-bond acceptors (Lipinski definition) is 2. The number of benzene rings is 2. The molecular weight excluding hydrogens is 301 g/mol. The summed E-state index contributed by atoms with van der Waals surface area (Å²) in [6.45, 7) is 2.26. The minimum Gasteiger partial charge on any atom is -0.210 e. The van der Waals surface area contributed by atoms with E-state index in [1.165, 1.54) is 12.1 Å². The van der Waals surface area contributed by atoms with Gasteiger partial charge in [0.25, 0.3) is 0 Å². The van der Waals surface area contributed by atoms with Crippen LogP contribution in [0.1, 0.15) is 24.0 Å². The van der Waals surface area contributed by atoms with E-state index in [2.05, 4.69) is 4.72 Å². The molecule has 1 fully saturated rings. The summed E-state index contributed by atoms with van der Waals surface area (Å²) in [6.07, 6.45) is 1.82. The van der Waals surface area contributed by atoms with Gasteiger partial charge in [0.1, 0.15) is 5.82 Å². The quantitative estimate of drug-likeness (QED) is 0.920. The standard InChI is InChI=1S/C17H18FNO2S/c1-13-2-8-16(9-3-13)22(20,21)19-12-17(10-11-17)14-4-6-15(18)7-5-14/h2-9,19H,10-12H2,1H3. The lowest BCUT2D eigenvalue weighted by molar-refractivity contribution is 0.566. The highest BCUT2D eigenvalue weighted by Crippen LogP contribution is 2.47. The Morgan fingerprint density at radius 2 is 1.64 bits per heavy atom. The normalized spacial score (nSPS) is 16.5. The van der Waals surface area contributed by atoms with Gasteiger partial charge in [0, 0.05) is 12.0 Å². The first-order valence-electron chi connectivity index (χ1n) is 7.24. The fourth-order valence-electron chi connectivity index (χ4n) is 2.56. The predicted molar refractivity (Wildman–Crippen MR) is 83.7 cm³/mol. The molecule has 2 aromatic rings. The monoisotopic (exact) mass is 319 g/mol. The van der Waals surface area contributed by atoms with Crippen molar-refractivity contribution in [1.29, 1.82) is 0 Å². The first-order chi connectivity index (χ1) is 10.4. The van der Waals surface area contributed by atoms with Gasteiger partial charge in [-0.25, -0.2) is 17.5 Å². The lowest BCUT2D eigenvalue weighted by Gasteiger charge is -2.17. The van der Waals surface area contributed by atoms with E-state index in [-0.39, 0.29) is 16.1 Å². The first-order valence-corrected chi connectivity index (χ1v) is 8.72. The van der Waals surface area contributed by atoms with E-state index in [0.29, 0.717) is 6.54 Å². The minimum absolute atomic E-state index is 0.189. The number of halogens is 1. The highest BCUT2D eigenvalue weighted by Gasteiger charge is 2.44. The summed E-state index contributed by atoms with van der Waals surface area (Å²) in [6, 6.07) is 13.1. The minimum atomic E-state index is -3.51. The maximum atomic E-state index is 13.0. The molecule has 0 radical (unpaired) electrons. The molecule has 0 saturated heterocycles. The SMILES string of the molecule is Cc1ccc(S(=O)(=O)NCC2(c3ccc(F)cc3)CC2)cc1. The molecule has 5 heteroatoms. The van der Waals surface area contributed by atoms with Crippen LogP contribution in [0.15, 0.2) is 53.4 Å².